The van der Waals surface area contributed by atoms with Gasteiger partial charge in [-0.1, -0.05) is 18.5 Å². The molecule has 1 atom stereocenters. The van der Waals surface area contributed by atoms with Gasteiger partial charge in [0.15, 0.2) is 0 Å². The maximum Gasteiger partial charge on any atom is 0.266 e. The molecule has 5 heteroatoms. The summed E-state index contributed by atoms with van der Waals surface area (Å²) in [6.45, 7) is 12.0. The number of hydrogen-bond acceptors (Lipinski definition) is 3. The second-order valence-electron chi connectivity index (χ2n) is 8.56. The molecule has 4 nitrogen and oxygen atoms in total. The van der Waals surface area contributed by atoms with E-state index >= 15 is 0 Å². The molecule has 1 N–H and O–H groups in total. The van der Waals surface area contributed by atoms with E-state index in [1.807, 2.05) is 13.0 Å². The number of carbonyl (C=O) groups excluding carboxylic acids is 1. The van der Waals surface area contributed by atoms with Crippen molar-refractivity contribution in [3.8, 4) is 6.07 Å². The first kappa shape index (κ1) is 21.9. The van der Waals surface area contributed by atoms with Crippen molar-refractivity contribution in [2.75, 3.05) is 16.8 Å². The quantitative estimate of drug-likeness (QED) is 0.465. The molecule has 0 spiro atoms. The minimum Gasteiger partial charge on any atom is -0.366 e. The molecule has 1 amide bonds. The summed E-state index contributed by atoms with van der Waals surface area (Å²) >= 11 is 5.89. The second kappa shape index (κ2) is 8.53. The van der Waals surface area contributed by atoms with Crippen LogP contribution in [0.3, 0.4) is 0 Å². The van der Waals surface area contributed by atoms with Gasteiger partial charge >= 0.3 is 0 Å². The van der Waals surface area contributed by atoms with Crippen LogP contribution in [0, 0.1) is 18.3 Å². The third-order valence-corrected chi connectivity index (χ3v) is 6.11. The highest BCUT2D eigenvalue weighted by atomic mass is 35.5. The first-order chi connectivity index (χ1) is 14.2. The second-order valence-corrected chi connectivity index (χ2v) is 9.00. The van der Waals surface area contributed by atoms with Gasteiger partial charge in [-0.15, -0.1) is 0 Å². The Balaban J connectivity index is 1.96. The minimum atomic E-state index is -0.429. The standard InChI is InChI=1S/C25H28ClN3O/c1-6-29-23-11-16(2)18(13-22(23)17(3)14-25(29,4)5)12-19(15-27)24(30)28-21-9-7-20(26)8-10-21/h7-13,17H,6,14H2,1-5H3,(H,28,30)/b19-12+. The summed E-state index contributed by atoms with van der Waals surface area (Å²) in [6.07, 6.45) is 2.74. The molecule has 1 unspecified atom stereocenters. The number of benzene rings is 2. The van der Waals surface area contributed by atoms with Gasteiger partial charge in [0, 0.05) is 28.5 Å². The third kappa shape index (κ3) is 4.37. The van der Waals surface area contributed by atoms with E-state index < -0.39 is 5.91 Å². The van der Waals surface area contributed by atoms with Crippen LogP contribution in [0.25, 0.3) is 6.08 Å². The maximum absolute atomic E-state index is 12.6. The van der Waals surface area contributed by atoms with Crippen LogP contribution in [0.15, 0.2) is 42.0 Å². The van der Waals surface area contributed by atoms with Gasteiger partial charge in [-0.05, 0) is 99.2 Å². The van der Waals surface area contributed by atoms with Gasteiger partial charge in [0.1, 0.15) is 11.6 Å². The van der Waals surface area contributed by atoms with Crippen molar-refractivity contribution in [2.45, 2.75) is 52.5 Å². The molecule has 3 rings (SSSR count). The number of nitrogens with zero attached hydrogens (tertiary/aromatic N) is 2. The zero-order valence-electron chi connectivity index (χ0n) is 18.2. The van der Waals surface area contributed by atoms with Gasteiger partial charge in [-0.2, -0.15) is 5.26 Å². The third-order valence-electron chi connectivity index (χ3n) is 5.86. The molecule has 0 bridgehead atoms. The number of hydrogen-bond donors (Lipinski definition) is 1. The molecule has 30 heavy (non-hydrogen) atoms. The average Bonchev–Trinajstić information content (AvgIpc) is 2.68. The van der Waals surface area contributed by atoms with E-state index in [-0.39, 0.29) is 11.1 Å². The lowest BCUT2D eigenvalue weighted by molar-refractivity contribution is -0.112. The molecule has 0 radical (unpaired) electrons. The van der Waals surface area contributed by atoms with Gasteiger partial charge in [0.05, 0.1) is 0 Å². The van der Waals surface area contributed by atoms with Crippen LogP contribution < -0.4 is 10.2 Å². The SMILES string of the molecule is CCN1c2cc(C)c(/C=C(\C#N)C(=O)Nc3ccc(Cl)cc3)cc2C(C)CC1(C)C. The Bertz CT molecular complexity index is 1030. The zero-order valence-corrected chi connectivity index (χ0v) is 19.0. The average molecular weight is 422 g/mol. The first-order valence-corrected chi connectivity index (χ1v) is 10.6. The predicted octanol–water partition coefficient (Wildman–Crippen LogP) is 6.31. The van der Waals surface area contributed by atoms with Crippen molar-refractivity contribution in [2.24, 2.45) is 0 Å². The smallest absolute Gasteiger partial charge is 0.266 e. The zero-order chi connectivity index (χ0) is 22.1. The van der Waals surface area contributed by atoms with E-state index in [4.69, 9.17) is 11.6 Å². The summed E-state index contributed by atoms with van der Waals surface area (Å²) in [4.78, 5) is 15.1. The van der Waals surface area contributed by atoms with Crippen molar-refractivity contribution in [3.05, 3.63) is 63.7 Å². The van der Waals surface area contributed by atoms with Crippen molar-refractivity contribution < 1.29 is 4.79 Å². The normalized spacial score (nSPS) is 17.8. The van der Waals surface area contributed by atoms with Gasteiger partial charge < -0.3 is 10.2 Å². The van der Waals surface area contributed by atoms with Gasteiger partial charge in [0.2, 0.25) is 0 Å². The van der Waals surface area contributed by atoms with Gasteiger partial charge in [-0.3, -0.25) is 4.79 Å². The van der Waals surface area contributed by atoms with E-state index in [1.54, 1.807) is 30.3 Å². The Hall–Kier alpha value is -2.77. The number of nitrogens with one attached hydrogen (secondary N) is 1. The molecule has 0 aromatic heterocycles. The van der Waals surface area contributed by atoms with Crippen LogP contribution >= 0.6 is 11.6 Å². The summed E-state index contributed by atoms with van der Waals surface area (Å²) in [5.74, 6) is -0.0275. The highest BCUT2D eigenvalue weighted by Gasteiger charge is 2.35. The molecule has 1 heterocycles. The number of amides is 1. The lowest BCUT2D eigenvalue weighted by Crippen LogP contribution is -2.48. The van der Waals surface area contributed by atoms with E-state index in [0.717, 1.165) is 24.1 Å². The summed E-state index contributed by atoms with van der Waals surface area (Å²) in [6, 6.07) is 13.2. The molecular weight excluding hydrogens is 394 g/mol. The van der Waals surface area contributed by atoms with Gasteiger partial charge in [-0.25, -0.2) is 0 Å². The van der Waals surface area contributed by atoms with Crippen LogP contribution in [0.1, 0.15) is 56.7 Å². The Morgan fingerprint density at radius 3 is 2.60 bits per heavy atom. The molecular formula is C25H28ClN3O. The minimum absolute atomic E-state index is 0.0733. The fourth-order valence-corrected chi connectivity index (χ4v) is 4.57. The van der Waals surface area contributed by atoms with Crippen LogP contribution in [0.2, 0.25) is 5.02 Å². The molecule has 0 saturated heterocycles. The fraction of sp³-hybridized carbons (Fsp3) is 0.360. The number of rotatable bonds is 4. The Morgan fingerprint density at radius 1 is 1.33 bits per heavy atom. The first-order valence-electron chi connectivity index (χ1n) is 10.3. The van der Waals surface area contributed by atoms with Crippen molar-refractivity contribution in [1.82, 2.24) is 0 Å². The molecule has 2 aromatic rings. The molecule has 156 valence electrons. The van der Waals surface area contributed by atoms with E-state index in [0.29, 0.717) is 16.6 Å². The Kier molecular flexibility index (Phi) is 6.24. The maximum atomic E-state index is 12.6. The topological polar surface area (TPSA) is 56.1 Å². The van der Waals surface area contributed by atoms with Crippen molar-refractivity contribution in [3.63, 3.8) is 0 Å². The summed E-state index contributed by atoms with van der Waals surface area (Å²) in [7, 11) is 0. The van der Waals surface area contributed by atoms with Gasteiger partial charge in [0.25, 0.3) is 5.91 Å². The molecule has 2 aromatic carbocycles. The van der Waals surface area contributed by atoms with Crippen LogP contribution in [0.5, 0.6) is 0 Å². The largest absolute Gasteiger partial charge is 0.366 e. The lowest BCUT2D eigenvalue weighted by Gasteiger charge is -2.47. The highest BCUT2D eigenvalue weighted by Crippen LogP contribution is 2.44. The Morgan fingerprint density at radius 2 is 2.00 bits per heavy atom. The molecule has 1 aliphatic heterocycles. The summed E-state index contributed by atoms with van der Waals surface area (Å²) in [5, 5.41) is 13.0. The highest BCUT2D eigenvalue weighted by molar-refractivity contribution is 6.30. The number of carbonyl (C=O) groups is 1. The van der Waals surface area contributed by atoms with Crippen LogP contribution in [-0.2, 0) is 4.79 Å². The van der Waals surface area contributed by atoms with E-state index in [1.165, 1.54) is 11.3 Å². The Labute approximate surface area is 184 Å². The summed E-state index contributed by atoms with van der Waals surface area (Å²) in [5.41, 5.74) is 5.24. The lowest BCUT2D eigenvalue weighted by atomic mass is 9.79. The molecule has 0 saturated carbocycles. The monoisotopic (exact) mass is 421 g/mol. The van der Waals surface area contributed by atoms with E-state index in [2.05, 4.69) is 50.0 Å². The van der Waals surface area contributed by atoms with Crippen LogP contribution in [0.4, 0.5) is 11.4 Å². The number of aryl methyl sites for hydroxylation is 1. The van der Waals surface area contributed by atoms with Crippen LogP contribution in [-0.4, -0.2) is 18.0 Å². The molecule has 1 aliphatic rings. The molecule has 0 aliphatic carbocycles. The van der Waals surface area contributed by atoms with Crippen molar-refractivity contribution in [1.29, 1.82) is 5.26 Å². The van der Waals surface area contributed by atoms with E-state index in [9.17, 15) is 10.1 Å². The number of nitriles is 1. The van der Waals surface area contributed by atoms with Crippen molar-refractivity contribution >= 4 is 35.0 Å². The number of fused-ring (bicyclic) bond motifs is 1. The predicted molar refractivity (Wildman–Crippen MR) is 125 cm³/mol. The summed E-state index contributed by atoms with van der Waals surface area (Å²) < 4.78 is 0. The molecule has 0 fully saturated rings. The fourth-order valence-electron chi connectivity index (χ4n) is 4.44. The number of halogens is 1. The number of anilines is 2.